The molecule has 2 nitrogen and oxygen atoms in total. The van der Waals surface area contributed by atoms with Gasteiger partial charge in [-0.2, -0.15) is 0 Å². The molecule has 0 rings (SSSR count). The molecular weight excluding hydrogens is 174 g/mol. The molecule has 0 aromatic rings. The summed E-state index contributed by atoms with van der Waals surface area (Å²) >= 11 is 0. The Morgan fingerprint density at radius 1 is 1.07 bits per heavy atom. The molecule has 0 amide bonds. The lowest BCUT2D eigenvalue weighted by Crippen LogP contribution is -2.18. The summed E-state index contributed by atoms with van der Waals surface area (Å²) in [6, 6.07) is 0. The lowest BCUT2D eigenvalue weighted by molar-refractivity contribution is 0.145. The second-order valence-electron chi connectivity index (χ2n) is 4.19. The summed E-state index contributed by atoms with van der Waals surface area (Å²) in [6.07, 6.45) is 5.17. The molecule has 0 spiro atoms. The molecule has 86 valence electrons. The van der Waals surface area contributed by atoms with Crippen LogP contribution in [0.1, 0.15) is 46.5 Å². The summed E-state index contributed by atoms with van der Waals surface area (Å²) in [6.45, 7) is 10.6. The van der Waals surface area contributed by atoms with Gasteiger partial charge < -0.3 is 10.1 Å². The van der Waals surface area contributed by atoms with Crippen molar-refractivity contribution in [3.05, 3.63) is 0 Å². The van der Waals surface area contributed by atoms with Gasteiger partial charge in [-0.05, 0) is 38.8 Å². The molecule has 0 aromatic carbocycles. The van der Waals surface area contributed by atoms with Gasteiger partial charge in [0.15, 0.2) is 0 Å². The Morgan fingerprint density at radius 2 is 1.79 bits per heavy atom. The van der Waals surface area contributed by atoms with Crippen molar-refractivity contribution in [2.24, 2.45) is 5.92 Å². The number of ether oxygens (including phenoxy) is 1. The van der Waals surface area contributed by atoms with Crippen molar-refractivity contribution in [3.63, 3.8) is 0 Å². The summed E-state index contributed by atoms with van der Waals surface area (Å²) in [7, 11) is 0. The minimum absolute atomic E-state index is 0.842. The number of unbranched alkanes of at least 4 members (excludes halogenated alkanes) is 1. The zero-order valence-electron chi connectivity index (χ0n) is 10.1. The van der Waals surface area contributed by atoms with Crippen LogP contribution < -0.4 is 5.32 Å². The van der Waals surface area contributed by atoms with Crippen LogP contribution in [0.15, 0.2) is 0 Å². The van der Waals surface area contributed by atoms with Crippen LogP contribution >= 0.6 is 0 Å². The fraction of sp³-hybridized carbons (Fsp3) is 1.00. The van der Waals surface area contributed by atoms with Gasteiger partial charge in [0, 0.05) is 13.2 Å². The van der Waals surface area contributed by atoms with E-state index in [9.17, 15) is 0 Å². The van der Waals surface area contributed by atoms with Gasteiger partial charge in [-0.3, -0.25) is 0 Å². The van der Waals surface area contributed by atoms with E-state index in [1.54, 1.807) is 0 Å². The topological polar surface area (TPSA) is 21.3 Å². The van der Waals surface area contributed by atoms with E-state index in [0.29, 0.717) is 0 Å². The molecule has 0 saturated carbocycles. The third kappa shape index (κ3) is 11.9. The van der Waals surface area contributed by atoms with E-state index in [-0.39, 0.29) is 0 Å². The van der Waals surface area contributed by atoms with Gasteiger partial charge in [0.05, 0.1) is 0 Å². The molecule has 0 atom stereocenters. The molecule has 0 bridgehead atoms. The Balaban J connectivity index is 2.85. The Morgan fingerprint density at radius 3 is 2.43 bits per heavy atom. The zero-order valence-corrected chi connectivity index (χ0v) is 10.1. The molecule has 0 saturated heterocycles. The monoisotopic (exact) mass is 201 g/mol. The SMILES string of the molecule is CCOCCCNCCCCC(C)C. The van der Waals surface area contributed by atoms with E-state index in [1.807, 2.05) is 6.92 Å². The maximum Gasteiger partial charge on any atom is 0.0477 e. The van der Waals surface area contributed by atoms with Gasteiger partial charge in [-0.1, -0.05) is 26.7 Å². The van der Waals surface area contributed by atoms with Crippen LogP contribution in [0.4, 0.5) is 0 Å². The summed E-state index contributed by atoms with van der Waals surface area (Å²) in [5.41, 5.74) is 0. The standard InChI is InChI=1S/C12H27NO/c1-4-14-11-7-10-13-9-6-5-8-12(2)3/h12-13H,4-11H2,1-3H3. The predicted molar refractivity (Wildman–Crippen MR) is 62.7 cm³/mol. The number of hydrogen-bond acceptors (Lipinski definition) is 2. The van der Waals surface area contributed by atoms with Crippen molar-refractivity contribution in [3.8, 4) is 0 Å². The molecular formula is C12H27NO. The Labute approximate surface area is 89.4 Å². The van der Waals surface area contributed by atoms with Crippen molar-refractivity contribution in [2.75, 3.05) is 26.3 Å². The van der Waals surface area contributed by atoms with Crippen LogP contribution in [0.5, 0.6) is 0 Å². The molecule has 1 N–H and O–H groups in total. The summed E-state index contributed by atoms with van der Waals surface area (Å²) < 4.78 is 5.25. The van der Waals surface area contributed by atoms with Crippen LogP contribution in [-0.4, -0.2) is 26.3 Å². The average molecular weight is 201 g/mol. The second-order valence-corrected chi connectivity index (χ2v) is 4.19. The quantitative estimate of drug-likeness (QED) is 0.549. The maximum absolute atomic E-state index is 5.25. The smallest absolute Gasteiger partial charge is 0.0477 e. The summed E-state index contributed by atoms with van der Waals surface area (Å²) in [4.78, 5) is 0. The fourth-order valence-corrected chi connectivity index (χ4v) is 1.37. The van der Waals surface area contributed by atoms with Crippen molar-refractivity contribution in [2.45, 2.75) is 46.5 Å². The van der Waals surface area contributed by atoms with Crippen LogP contribution in [-0.2, 0) is 4.74 Å². The molecule has 2 heteroatoms. The maximum atomic E-state index is 5.25. The minimum Gasteiger partial charge on any atom is -0.382 e. The number of nitrogens with one attached hydrogen (secondary N) is 1. The number of hydrogen-bond donors (Lipinski definition) is 1. The first-order valence-electron chi connectivity index (χ1n) is 6.05. The molecule has 0 radical (unpaired) electrons. The first-order chi connectivity index (χ1) is 6.77. The Bertz CT molecular complexity index is 104. The molecule has 0 heterocycles. The lowest BCUT2D eigenvalue weighted by Gasteiger charge is -2.06. The zero-order chi connectivity index (χ0) is 10.6. The van der Waals surface area contributed by atoms with E-state index < -0.39 is 0 Å². The van der Waals surface area contributed by atoms with Crippen molar-refractivity contribution < 1.29 is 4.74 Å². The Hall–Kier alpha value is -0.0800. The highest BCUT2D eigenvalue weighted by atomic mass is 16.5. The van der Waals surface area contributed by atoms with Crippen LogP contribution in [0.2, 0.25) is 0 Å². The summed E-state index contributed by atoms with van der Waals surface area (Å²) in [5, 5.41) is 3.44. The van der Waals surface area contributed by atoms with Gasteiger partial charge in [-0.15, -0.1) is 0 Å². The molecule has 0 aliphatic heterocycles. The van der Waals surface area contributed by atoms with Crippen molar-refractivity contribution >= 4 is 0 Å². The van der Waals surface area contributed by atoms with Gasteiger partial charge in [0.25, 0.3) is 0 Å². The largest absolute Gasteiger partial charge is 0.382 e. The van der Waals surface area contributed by atoms with E-state index in [0.717, 1.165) is 32.1 Å². The van der Waals surface area contributed by atoms with Crippen molar-refractivity contribution in [1.82, 2.24) is 5.32 Å². The van der Waals surface area contributed by atoms with E-state index in [1.165, 1.54) is 25.8 Å². The normalized spacial score (nSPS) is 11.1. The fourth-order valence-electron chi connectivity index (χ4n) is 1.37. The highest BCUT2D eigenvalue weighted by Crippen LogP contribution is 2.04. The first kappa shape index (κ1) is 13.9. The first-order valence-corrected chi connectivity index (χ1v) is 6.05. The highest BCUT2D eigenvalue weighted by Gasteiger charge is 1.93. The lowest BCUT2D eigenvalue weighted by atomic mass is 10.1. The van der Waals surface area contributed by atoms with Gasteiger partial charge in [0.1, 0.15) is 0 Å². The number of rotatable bonds is 10. The third-order valence-corrected chi connectivity index (χ3v) is 2.23. The van der Waals surface area contributed by atoms with Crippen molar-refractivity contribution in [1.29, 1.82) is 0 Å². The predicted octanol–water partition coefficient (Wildman–Crippen LogP) is 2.83. The van der Waals surface area contributed by atoms with Crippen LogP contribution in [0, 0.1) is 5.92 Å². The summed E-state index contributed by atoms with van der Waals surface area (Å²) in [5.74, 6) is 0.855. The highest BCUT2D eigenvalue weighted by molar-refractivity contribution is 4.51. The molecule has 0 unspecified atom stereocenters. The van der Waals surface area contributed by atoms with E-state index in [4.69, 9.17) is 4.74 Å². The Kier molecular flexibility index (Phi) is 10.9. The molecule has 14 heavy (non-hydrogen) atoms. The molecule has 0 aliphatic rings. The van der Waals surface area contributed by atoms with E-state index >= 15 is 0 Å². The average Bonchev–Trinajstić information content (AvgIpc) is 2.15. The van der Waals surface area contributed by atoms with Crippen LogP contribution in [0.25, 0.3) is 0 Å². The molecule has 0 aromatic heterocycles. The minimum atomic E-state index is 0.842. The van der Waals surface area contributed by atoms with Crippen LogP contribution in [0.3, 0.4) is 0 Å². The van der Waals surface area contributed by atoms with E-state index in [2.05, 4.69) is 19.2 Å². The van der Waals surface area contributed by atoms with Gasteiger partial charge >= 0.3 is 0 Å². The molecule has 0 aliphatic carbocycles. The molecule has 0 fully saturated rings. The third-order valence-electron chi connectivity index (χ3n) is 2.23. The van der Waals surface area contributed by atoms with Gasteiger partial charge in [0.2, 0.25) is 0 Å². The van der Waals surface area contributed by atoms with Gasteiger partial charge in [-0.25, -0.2) is 0 Å². The second kappa shape index (κ2) is 11.0.